The number of halogens is 1. The van der Waals surface area contributed by atoms with E-state index in [1.54, 1.807) is 0 Å². The van der Waals surface area contributed by atoms with Crippen LogP contribution in [0.15, 0.2) is 36.4 Å². The van der Waals surface area contributed by atoms with Crippen LogP contribution in [0.4, 0.5) is 5.95 Å². The molecule has 0 aliphatic carbocycles. The largest absolute Gasteiger partial charge is 0.349 e. The highest BCUT2D eigenvalue weighted by Gasteiger charge is 2.32. The smallest absolute Gasteiger partial charge is 0.243 e. The maximum absolute atomic E-state index is 12.7. The maximum atomic E-state index is 12.7. The van der Waals surface area contributed by atoms with Gasteiger partial charge in [0, 0.05) is 16.8 Å². The number of carbonyl (C=O) groups is 1. The van der Waals surface area contributed by atoms with E-state index in [4.69, 9.17) is 16.6 Å². The third kappa shape index (κ3) is 3.39. The molecule has 5 nitrogen and oxygen atoms in total. The highest BCUT2D eigenvalue weighted by Crippen LogP contribution is 2.26. The Bertz CT molecular complexity index is 958. The molecule has 0 spiro atoms. The molecule has 1 aromatic carbocycles. The van der Waals surface area contributed by atoms with E-state index in [1.165, 1.54) is 11.3 Å². The molecule has 1 N–H and O–H groups in total. The van der Waals surface area contributed by atoms with Gasteiger partial charge < -0.3 is 10.2 Å². The number of rotatable bonds is 4. The van der Waals surface area contributed by atoms with Gasteiger partial charge in [-0.1, -0.05) is 29.8 Å². The van der Waals surface area contributed by atoms with Crippen LogP contribution in [-0.4, -0.2) is 28.5 Å². The molecule has 1 unspecified atom stereocenters. The summed E-state index contributed by atoms with van der Waals surface area (Å²) in [6.07, 6.45) is 1.77. The van der Waals surface area contributed by atoms with Gasteiger partial charge in [0.05, 0.1) is 22.1 Å². The Morgan fingerprint density at radius 2 is 2.15 bits per heavy atom. The normalized spacial score (nSPS) is 17.0. The number of nitrogens with one attached hydrogen (secondary N) is 1. The van der Waals surface area contributed by atoms with Crippen LogP contribution in [0.3, 0.4) is 0 Å². The molecule has 26 heavy (non-hydrogen) atoms. The van der Waals surface area contributed by atoms with Crippen LogP contribution in [0.2, 0.25) is 4.34 Å². The van der Waals surface area contributed by atoms with Gasteiger partial charge in [0.25, 0.3) is 0 Å². The van der Waals surface area contributed by atoms with Crippen molar-refractivity contribution >= 4 is 45.7 Å². The van der Waals surface area contributed by atoms with Gasteiger partial charge in [0.15, 0.2) is 0 Å². The molecule has 1 aliphatic heterocycles. The molecular formula is C19H19ClN4OS. The lowest BCUT2D eigenvalue weighted by molar-refractivity contribution is -0.122. The molecule has 1 aliphatic rings. The lowest BCUT2D eigenvalue weighted by Gasteiger charge is -2.24. The van der Waals surface area contributed by atoms with Crippen molar-refractivity contribution in [3.63, 3.8) is 0 Å². The number of amides is 1. The molecule has 3 aromatic rings. The minimum atomic E-state index is -0.231. The van der Waals surface area contributed by atoms with Crippen LogP contribution in [0.25, 0.3) is 10.9 Å². The van der Waals surface area contributed by atoms with Crippen molar-refractivity contribution in [1.29, 1.82) is 0 Å². The first-order valence-corrected chi connectivity index (χ1v) is 9.83. The number of aromatic nitrogens is 2. The summed E-state index contributed by atoms with van der Waals surface area (Å²) in [6, 6.07) is 11.5. The van der Waals surface area contributed by atoms with E-state index in [-0.39, 0.29) is 11.9 Å². The Balaban J connectivity index is 1.53. The molecule has 1 fully saturated rings. The molecule has 3 heterocycles. The topological polar surface area (TPSA) is 58.1 Å². The number of hydrogen-bond acceptors (Lipinski definition) is 5. The fourth-order valence-electron chi connectivity index (χ4n) is 3.37. The summed E-state index contributed by atoms with van der Waals surface area (Å²) in [5, 5.41) is 4.07. The van der Waals surface area contributed by atoms with E-state index in [0.29, 0.717) is 12.5 Å². The summed E-state index contributed by atoms with van der Waals surface area (Å²) < 4.78 is 0.733. The van der Waals surface area contributed by atoms with Crippen LogP contribution in [0.5, 0.6) is 0 Å². The average Bonchev–Trinajstić information content (AvgIpc) is 3.28. The molecular weight excluding hydrogens is 368 g/mol. The Labute approximate surface area is 161 Å². The van der Waals surface area contributed by atoms with E-state index in [0.717, 1.165) is 45.2 Å². The number of fused-ring (bicyclic) bond motifs is 1. The van der Waals surface area contributed by atoms with Gasteiger partial charge in [-0.25, -0.2) is 9.97 Å². The maximum Gasteiger partial charge on any atom is 0.243 e. The molecule has 0 radical (unpaired) electrons. The molecule has 1 saturated heterocycles. The number of para-hydroxylation sites is 1. The third-order valence-corrected chi connectivity index (χ3v) is 5.89. The van der Waals surface area contributed by atoms with Crippen LogP contribution < -0.4 is 10.2 Å². The fourth-order valence-corrected chi connectivity index (χ4v) is 4.39. The highest BCUT2D eigenvalue weighted by molar-refractivity contribution is 7.16. The number of nitrogens with zero attached hydrogens (tertiary/aromatic N) is 3. The Hall–Kier alpha value is -2.18. The number of anilines is 1. The molecule has 7 heteroatoms. The zero-order chi connectivity index (χ0) is 18.1. The first kappa shape index (κ1) is 17.2. The molecule has 0 saturated carbocycles. The molecule has 1 amide bonds. The monoisotopic (exact) mass is 386 g/mol. The lowest BCUT2D eigenvalue weighted by atomic mass is 10.2. The Morgan fingerprint density at radius 1 is 1.31 bits per heavy atom. The first-order chi connectivity index (χ1) is 12.6. The van der Waals surface area contributed by atoms with E-state index in [2.05, 4.69) is 10.3 Å². The summed E-state index contributed by atoms with van der Waals surface area (Å²) in [7, 11) is 0. The first-order valence-electron chi connectivity index (χ1n) is 8.64. The highest BCUT2D eigenvalue weighted by atomic mass is 35.5. The van der Waals surface area contributed by atoms with Gasteiger partial charge >= 0.3 is 0 Å². The van der Waals surface area contributed by atoms with Crippen molar-refractivity contribution in [3.8, 4) is 0 Å². The van der Waals surface area contributed by atoms with Crippen LogP contribution >= 0.6 is 22.9 Å². The number of hydrogen-bond donors (Lipinski definition) is 1. The molecule has 0 bridgehead atoms. The van der Waals surface area contributed by atoms with Crippen molar-refractivity contribution in [2.75, 3.05) is 11.4 Å². The van der Waals surface area contributed by atoms with Crippen molar-refractivity contribution in [2.24, 2.45) is 0 Å². The van der Waals surface area contributed by atoms with Gasteiger partial charge in [-0.3, -0.25) is 4.79 Å². The van der Waals surface area contributed by atoms with E-state index in [1.807, 2.05) is 48.2 Å². The van der Waals surface area contributed by atoms with Crippen LogP contribution in [-0.2, 0) is 11.3 Å². The lowest BCUT2D eigenvalue weighted by Crippen LogP contribution is -2.43. The van der Waals surface area contributed by atoms with Gasteiger partial charge in [0.1, 0.15) is 6.04 Å². The average molecular weight is 387 g/mol. The van der Waals surface area contributed by atoms with Crippen LogP contribution in [0.1, 0.15) is 23.4 Å². The second-order valence-corrected chi connectivity index (χ2v) is 8.20. The summed E-state index contributed by atoms with van der Waals surface area (Å²) in [5.74, 6) is 0.652. The fraction of sp³-hybridized carbons (Fsp3) is 0.316. The second kappa shape index (κ2) is 7.21. The quantitative estimate of drug-likeness (QED) is 0.737. The summed E-state index contributed by atoms with van der Waals surface area (Å²) in [5.41, 5.74) is 1.85. The third-order valence-electron chi connectivity index (χ3n) is 4.66. The van der Waals surface area contributed by atoms with Crippen molar-refractivity contribution in [2.45, 2.75) is 32.4 Å². The van der Waals surface area contributed by atoms with Gasteiger partial charge in [-0.05, 0) is 38.0 Å². The minimum absolute atomic E-state index is 0.0152. The standard InChI is InChI=1S/C19H19ClN4OS/c1-12-14-5-2-3-6-15(14)23-19(22-12)24-10-4-7-16(24)18(25)21-11-13-8-9-17(20)26-13/h2-3,5-6,8-9,16H,4,7,10-11H2,1H3,(H,21,25). The molecule has 2 aromatic heterocycles. The SMILES string of the molecule is Cc1nc(N2CCCC2C(=O)NCc2ccc(Cl)s2)nc2ccccc12. The number of thiophene rings is 1. The van der Waals surface area contributed by atoms with Crippen molar-refractivity contribution in [3.05, 3.63) is 51.3 Å². The van der Waals surface area contributed by atoms with E-state index in [9.17, 15) is 4.79 Å². The van der Waals surface area contributed by atoms with E-state index < -0.39 is 0 Å². The minimum Gasteiger partial charge on any atom is -0.349 e. The summed E-state index contributed by atoms with van der Waals surface area (Å²) >= 11 is 7.43. The predicted octanol–water partition coefficient (Wildman–Crippen LogP) is 3.94. The summed E-state index contributed by atoms with van der Waals surface area (Å²) in [6.45, 7) is 3.28. The van der Waals surface area contributed by atoms with Gasteiger partial charge in [0.2, 0.25) is 11.9 Å². The van der Waals surface area contributed by atoms with Crippen molar-refractivity contribution in [1.82, 2.24) is 15.3 Å². The van der Waals surface area contributed by atoms with Gasteiger partial charge in [-0.15, -0.1) is 11.3 Å². The number of aryl methyl sites for hydroxylation is 1. The predicted molar refractivity (Wildman–Crippen MR) is 106 cm³/mol. The number of benzene rings is 1. The molecule has 134 valence electrons. The molecule has 1 atom stereocenters. The van der Waals surface area contributed by atoms with Crippen molar-refractivity contribution < 1.29 is 4.79 Å². The van der Waals surface area contributed by atoms with E-state index >= 15 is 0 Å². The number of carbonyl (C=O) groups excluding carboxylic acids is 1. The van der Waals surface area contributed by atoms with Gasteiger partial charge in [-0.2, -0.15) is 0 Å². The molecule has 4 rings (SSSR count). The summed E-state index contributed by atoms with van der Waals surface area (Å²) in [4.78, 5) is 25.1. The van der Waals surface area contributed by atoms with Crippen LogP contribution in [0, 0.1) is 6.92 Å². The zero-order valence-corrected chi connectivity index (χ0v) is 16.0. The second-order valence-electron chi connectivity index (χ2n) is 6.40. The zero-order valence-electron chi connectivity index (χ0n) is 14.4. The Kier molecular flexibility index (Phi) is 4.78. The Morgan fingerprint density at radius 3 is 2.96 bits per heavy atom.